The fourth-order valence-corrected chi connectivity index (χ4v) is 0.655. The Hall–Kier alpha value is -1.24. The van der Waals surface area contributed by atoms with Gasteiger partial charge in [-0.1, -0.05) is 6.92 Å². The number of hydrogen-bond acceptors (Lipinski definition) is 4. The molecule has 0 aliphatic rings. The van der Waals surface area contributed by atoms with Crippen molar-refractivity contribution in [2.45, 2.75) is 13.3 Å². The molecule has 0 aromatic carbocycles. The highest BCUT2D eigenvalue weighted by molar-refractivity contribution is 5.71. The van der Waals surface area contributed by atoms with Crippen molar-refractivity contribution < 1.29 is 9.53 Å². The number of methoxy groups -OCH3 is 1. The van der Waals surface area contributed by atoms with Gasteiger partial charge in [-0.2, -0.15) is 5.26 Å². The summed E-state index contributed by atoms with van der Waals surface area (Å²) in [4.78, 5) is 12.0. The van der Waals surface area contributed by atoms with Gasteiger partial charge in [0.25, 0.3) is 0 Å². The summed E-state index contributed by atoms with van der Waals surface area (Å²) >= 11 is 0. The van der Waals surface area contributed by atoms with Crippen LogP contribution < -0.4 is 0 Å². The summed E-state index contributed by atoms with van der Waals surface area (Å²) in [6, 6.07) is 0. The number of ether oxygens (including phenoxy) is 1. The molecule has 62 valence electrons. The van der Waals surface area contributed by atoms with E-state index in [-0.39, 0.29) is 12.5 Å². The third-order valence-corrected chi connectivity index (χ3v) is 1.18. The topological polar surface area (TPSA) is 53.3 Å². The molecule has 0 spiro atoms. The zero-order valence-corrected chi connectivity index (χ0v) is 6.83. The molecule has 0 aliphatic carbocycles. The van der Waals surface area contributed by atoms with Crippen LogP contribution in [0.2, 0.25) is 0 Å². The molecule has 4 heteroatoms. The quantitative estimate of drug-likeness (QED) is 0.335. The zero-order valence-electron chi connectivity index (χ0n) is 6.83. The third-order valence-electron chi connectivity index (χ3n) is 1.18. The van der Waals surface area contributed by atoms with Gasteiger partial charge < -0.3 is 4.74 Å². The second-order valence-electron chi connectivity index (χ2n) is 2.10. The molecule has 11 heavy (non-hydrogen) atoms. The largest absolute Gasteiger partial charge is 0.468 e. The van der Waals surface area contributed by atoms with Crippen LogP contribution in [0.25, 0.3) is 0 Å². The molecule has 0 saturated heterocycles. The van der Waals surface area contributed by atoms with E-state index in [2.05, 4.69) is 4.74 Å². The van der Waals surface area contributed by atoms with Crippen LogP contribution in [0.4, 0.5) is 0 Å². The summed E-state index contributed by atoms with van der Waals surface area (Å²) in [5.41, 5.74) is 0. The molecular formula is C7H12N2O2. The number of nitriles is 1. The Morgan fingerprint density at radius 2 is 2.36 bits per heavy atom. The lowest BCUT2D eigenvalue weighted by Gasteiger charge is -2.11. The van der Waals surface area contributed by atoms with Crippen LogP contribution in [0.15, 0.2) is 0 Å². The molecule has 0 rings (SSSR count). The Bertz CT molecular complexity index is 162. The van der Waals surface area contributed by atoms with Crippen LogP contribution in [-0.2, 0) is 9.53 Å². The normalized spacial score (nSPS) is 8.45. The van der Waals surface area contributed by atoms with Gasteiger partial charge in [-0.15, -0.1) is 0 Å². The van der Waals surface area contributed by atoms with E-state index in [4.69, 9.17) is 5.26 Å². The fourth-order valence-electron chi connectivity index (χ4n) is 0.655. The third kappa shape index (κ3) is 4.20. The zero-order chi connectivity index (χ0) is 8.69. The Balaban J connectivity index is 3.70. The van der Waals surface area contributed by atoms with Gasteiger partial charge in [-0.25, -0.2) is 0 Å². The first-order valence-corrected chi connectivity index (χ1v) is 3.46. The average molecular weight is 156 g/mol. The predicted octanol–water partition coefficient (Wildman–Crippen LogP) is 0.352. The summed E-state index contributed by atoms with van der Waals surface area (Å²) in [5, 5.41) is 8.47. The Morgan fingerprint density at radius 1 is 1.73 bits per heavy atom. The summed E-state index contributed by atoms with van der Waals surface area (Å²) in [6.07, 6.45) is 2.75. The minimum Gasteiger partial charge on any atom is -0.468 e. The summed E-state index contributed by atoms with van der Waals surface area (Å²) in [7, 11) is 1.31. The molecule has 0 aromatic rings. The number of carbonyl (C=O) groups excluding carboxylic acids is 1. The molecule has 0 aliphatic heterocycles. The summed E-state index contributed by atoms with van der Waals surface area (Å²) < 4.78 is 4.40. The van der Waals surface area contributed by atoms with E-state index in [1.54, 1.807) is 0 Å². The number of carbonyl (C=O) groups is 1. The molecule has 0 unspecified atom stereocenters. The van der Waals surface area contributed by atoms with E-state index in [0.717, 1.165) is 6.42 Å². The van der Waals surface area contributed by atoms with Crippen molar-refractivity contribution in [3.8, 4) is 6.19 Å². The minimum absolute atomic E-state index is 0.0564. The Labute approximate surface area is 66.4 Å². The number of nitrogens with zero attached hydrogens (tertiary/aromatic N) is 2. The van der Waals surface area contributed by atoms with Gasteiger partial charge in [-0.3, -0.25) is 9.69 Å². The molecule has 0 amide bonds. The van der Waals surface area contributed by atoms with Gasteiger partial charge in [0.1, 0.15) is 6.54 Å². The number of hydrogen-bond donors (Lipinski definition) is 0. The van der Waals surface area contributed by atoms with Crippen LogP contribution in [0.5, 0.6) is 0 Å². The van der Waals surface area contributed by atoms with E-state index in [1.165, 1.54) is 12.0 Å². The summed E-state index contributed by atoms with van der Waals surface area (Å²) in [6.45, 7) is 2.61. The molecule has 0 fully saturated rings. The second-order valence-corrected chi connectivity index (χ2v) is 2.10. The van der Waals surface area contributed by atoms with Gasteiger partial charge in [0.05, 0.1) is 7.11 Å². The van der Waals surface area contributed by atoms with Crippen LogP contribution in [0.3, 0.4) is 0 Å². The number of esters is 1. The lowest BCUT2D eigenvalue weighted by atomic mass is 10.4. The van der Waals surface area contributed by atoms with E-state index < -0.39 is 0 Å². The molecule has 0 radical (unpaired) electrons. The molecule has 0 aromatic heterocycles. The minimum atomic E-state index is -0.375. The van der Waals surface area contributed by atoms with Gasteiger partial charge >= 0.3 is 5.97 Å². The van der Waals surface area contributed by atoms with Gasteiger partial charge in [0, 0.05) is 6.54 Å². The van der Waals surface area contributed by atoms with Crippen LogP contribution in [0.1, 0.15) is 13.3 Å². The predicted molar refractivity (Wildman–Crippen MR) is 39.5 cm³/mol. The molecule has 4 nitrogen and oxygen atoms in total. The number of rotatable bonds is 4. The molecule has 0 bridgehead atoms. The first-order chi connectivity index (χ1) is 5.24. The highest BCUT2D eigenvalue weighted by Gasteiger charge is 2.06. The maximum absolute atomic E-state index is 10.6. The van der Waals surface area contributed by atoms with Crippen molar-refractivity contribution in [3.63, 3.8) is 0 Å². The Morgan fingerprint density at radius 3 is 2.73 bits per heavy atom. The van der Waals surface area contributed by atoms with Crippen molar-refractivity contribution in [1.29, 1.82) is 5.26 Å². The lowest BCUT2D eigenvalue weighted by Crippen LogP contribution is -2.26. The van der Waals surface area contributed by atoms with E-state index >= 15 is 0 Å². The van der Waals surface area contributed by atoms with Gasteiger partial charge in [-0.05, 0) is 6.42 Å². The van der Waals surface area contributed by atoms with Gasteiger partial charge in [0.2, 0.25) is 0 Å². The average Bonchev–Trinajstić information content (AvgIpc) is 2.03. The Kier molecular flexibility index (Phi) is 4.91. The second kappa shape index (κ2) is 5.54. The molecule has 0 saturated carbocycles. The standard InChI is InChI=1S/C7H12N2O2/c1-3-4-9(6-8)5-7(10)11-2/h3-5H2,1-2H3. The maximum Gasteiger partial charge on any atom is 0.326 e. The van der Waals surface area contributed by atoms with Crippen LogP contribution in [0, 0.1) is 11.5 Å². The lowest BCUT2D eigenvalue weighted by molar-refractivity contribution is -0.141. The fraction of sp³-hybridized carbons (Fsp3) is 0.714. The van der Waals surface area contributed by atoms with Crippen LogP contribution >= 0.6 is 0 Å². The summed E-state index contributed by atoms with van der Waals surface area (Å²) in [5.74, 6) is -0.375. The maximum atomic E-state index is 10.6. The molecule has 0 N–H and O–H groups in total. The van der Waals surface area contributed by atoms with Crippen LogP contribution in [-0.4, -0.2) is 31.1 Å². The van der Waals surface area contributed by atoms with Crippen molar-refractivity contribution >= 4 is 5.97 Å². The molecule has 0 atom stereocenters. The van der Waals surface area contributed by atoms with E-state index in [9.17, 15) is 4.79 Å². The van der Waals surface area contributed by atoms with E-state index in [0.29, 0.717) is 6.54 Å². The smallest absolute Gasteiger partial charge is 0.326 e. The SMILES string of the molecule is CCCN(C#N)CC(=O)OC. The van der Waals surface area contributed by atoms with Gasteiger partial charge in [0.15, 0.2) is 6.19 Å². The first-order valence-electron chi connectivity index (χ1n) is 3.46. The monoisotopic (exact) mass is 156 g/mol. The van der Waals surface area contributed by atoms with Crippen molar-refractivity contribution in [2.24, 2.45) is 0 Å². The van der Waals surface area contributed by atoms with Crippen molar-refractivity contribution in [2.75, 3.05) is 20.2 Å². The van der Waals surface area contributed by atoms with E-state index in [1.807, 2.05) is 13.1 Å². The highest BCUT2D eigenvalue weighted by Crippen LogP contribution is 1.88. The highest BCUT2D eigenvalue weighted by atomic mass is 16.5. The first kappa shape index (κ1) is 9.76. The van der Waals surface area contributed by atoms with Crippen molar-refractivity contribution in [3.05, 3.63) is 0 Å². The molecule has 0 heterocycles. The van der Waals surface area contributed by atoms with Crippen molar-refractivity contribution in [1.82, 2.24) is 4.90 Å². The molecular weight excluding hydrogens is 144 g/mol.